The van der Waals surface area contributed by atoms with Crippen molar-refractivity contribution in [2.75, 3.05) is 0 Å². The van der Waals surface area contributed by atoms with Gasteiger partial charge in [0.05, 0.1) is 5.56 Å². The van der Waals surface area contributed by atoms with Crippen molar-refractivity contribution in [3.63, 3.8) is 0 Å². The monoisotopic (exact) mass is 296 g/mol. The first-order chi connectivity index (χ1) is 9.00. The number of benzene rings is 2. The number of hydrogen-bond donors (Lipinski definition) is 2. The third-order valence-corrected chi connectivity index (χ3v) is 3.32. The molecule has 1 unspecified atom stereocenters. The molecule has 0 aromatic heterocycles. The number of carboxylic acid groups (broad SMARTS) is 1. The third-order valence-electron chi connectivity index (χ3n) is 2.74. The molecule has 2 rings (SSSR count). The number of aliphatic hydroxyl groups excluding tert-OH is 1. The van der Waals surface area contributed by atoms with Gasteiger partial charge in [-0.2, -0.15) is 0 Å². The van der Waals surface area contributed by atoms with Crippen LogP contribution in [0, 0.1) is 0 Å². The zero-order valence-electron chi connectivity index (χ0n) is 9.68. The molecule has 0 saturated heterocycles. The lowest BCUT2D eigenvalue weighted by Crippen LogP contribution is -2.08. The number of halogens is 2. The van der Waals surface area contributed by atoms with Gasteiger partial charge in [0.15, 0.2) is 0 Å². The fraction of sp³-hybridized carbons (Fsp3) is 0.0714. The Labute approximate surface area is 120 Å². The maximum atomic E-state index is 11.1. The molecule has 0 aliphatic rings. The summed E-state index contributed by atoms with van der Waals surface area (Å²) in [6, 6.07) is 10.9. The van der Waals surface area contributed by atoms with E-state index < -0.39 is 12.1 Å². The van der Waals surface area contributed by atoms with Crippen molar-refractivity contribution in [3.05, 3.63) is 69.2 Å². The van der Waals surface area contributed by atoms with Crippen LogP contribution in [0.4, 0.5) is 0 Å². The fourth-order valence-corrected chi connectivity index (χ4v) is 2.22. The van der Waals surface area contributed by atoms with Crippen molar-refractivity contribution in [1.29, 1.82) is 0 Å². The first-order valence-electron chi connectivity index (χ1n) is 5.46. The lowest BCUT2D eigenvalue weighted by molar-refractivity contribution is 0.0691. The molecule has 0 radical (unpaired) electrons. The molecule has 19 heavy (non-hydrogen) atoms. The zero-order valence-corrected chi connectivity index (χ0v) is 11.2. The SMILES string of the molecule is O=C(O)c1ccccc1C(O)c1cc(Cl)ccc1Cl. The van der Waals surface area contributed by atoms with Crippen LogP contribution in [0.2, 0.25) is 10.0 Å². The molecule has 0 aliphatic heterocycles. The van der Waals surface area contributed by atoms with Gasteiger partial charge in [0.2, 0.25) is 0 Å². The molecule has 5 heteroatoms. The summed E-state index contributed by atoms with van der Waals surface area (Å²) >= 11 is 11.9. The summed E-state index contributed by atoms with van der Waals surface area (Å²) in [5.74, 6) is -1.10. The summed E-state index contributed by atoms with van der Waals surface area (Å²) in [6.07, 6.45) is -1.14. The largest absolute Gasteiger partial charge is 0.478 e. The van der Waals surface area contributed by atoms with Gasteiger partial charge in [-0.1, -0.05) is 41.4 Å². The molecular formula is C14H10Cl2O3. The molecule has 2 aromatic carbocycles. The molecule has 0 aliphatic carbocycles. The highest BCUT2D eigenvalue weighted by Crippen LogP contribution is 2.32. The Bertz CT molecular complexity index is 626. The Hall–Kier alpha value is -1.55. The average molecular weight is 297 g/mol. The van der Waals surface area contributed by atoms with Gasteiger partial charge in [-0.05, 0) is 29.8 Å². The molecule has 0 bridgehead atoms. The van der Waals surface area contributed by atoms with E-state index in [1.165, 1.54) is 12.1 Å². The second kappa shape index (κ2) is 5.61. The summed E-state index contributed by atoms with van der Waals surface area (Å²) < 4.78 is 0. The number of aliphatic hydroxyl groups is 1. The quantitative estimate of drug-likeness (QED) is 0.906. The molecule has 3 nitrogen and oxygen atoms in total. The molecule has 98 valence electrons. The van der Waals surface area contributed by atoms with Crippen LogP contribution in [0.5, 0.6) is 0 Å². The first-order valence-corrected chi connectivity index (χ1v) is 6.21. The van der Waals surface area contributed by atoms with Crippen LogP contribution in [0.1, 0.15) is 27.6 Å². The van der Waals surface area contributed by atoms with E-state index in [1.807, 2.05) is 0 Å². The van der Waals surface area contributed by atoms with Crippen molar-refractivity contribution in [2.24, 2.45) is 0 Å². The van der Waals surface area contributed by atoms with Crippen molar-refractivity contribution in [1.82, 2.24) is 0 Å². The molecule has 0 amide bonds. The van der Waals surface area contributed by atoms with Gasteiger partial charge < -0.3 is 10.2 Å². The molecule has 2 aromatic rings. The Balaban J connectivity index is 2.53. The average Bonchev–Trinajstić information content (AvgIpc) is 2.40. The minimum Gasteiger partial charge on any atom is -0.478 e. The number of aromatic carboxylic acids is 1. The van der Waals surface area contributed by atoms with Crippen LogP contribution in [0.15, 0.2) is 42.5 Å². The van der Waals surface area contributed by atoms with Crippen LogP contribution in [0.25, 0.3) is 0 Å². The summed E-state index contributed by atoms with van der Waals surface area (Å²) in [6.45, 7) is 0. The smallest absolute Gasteiger partial charge is 0.336 e. The first kappa shape index (κ1) is 13.9. The summed E-state index contributed by atoms with van der Waals surface area (Å²) in [4.78, 5) is 11.1. The highest BCUT2D eigenvalue weighted by atomic mass is 35.5. The van der Waals surface area contributed by atoms with Crippen LogP contribution in [-0.4, -0.2) is 16.2 Å². The molecule has 0 spiro atoms. The van der Waals surface area contributed by atoms with E-state index >= 15 is 0 Å². The standard InChI is InChI=1S/C14H10Cl2O3/c15-8-5-6-12(16)11(7-8)13(17)9-3-1-2-4-10(9)14(18)19/h1-7,13,17H,(H,18,19). The minimum absolute atomic E-state index is 0.0334. The van der Waals surface area contributed by atoms with E-state index in [-0.39, 0.29) is 11.1 Å². The second-order valence-electron chi connectivity index (χ2n) is 3.96. The minimum atomic E-state index is -1.14. The lowest BCUT2D eigenvalue weighted by Gasteiger charge is -2.15. The highest BCUT2D eigenvalue weighted by Gasteiger charge is 2.20. The molecule has 0 saturated carbocycles. The summed E-state index contributed by atoms with van der Waals surface area (Å²) in [7, 11) is 0. The van der Waals surface area contributed by atoms with E-state index in [9.17, 15) is 9.90 Å². The molecule has 2 N–H and O–H groups in total. The Morgan fingerprint density at radius 2 is 1.74 bits per heavy atom. The van der Waals surface area contributed by atoms with Gasteiger partial charge in [-0.15, -0.1) is 0 Å². The highest BCUT2D eigenvalue weighted by molar-refractivity contribution is 6.33. The molecule has 0 fully saturated rings. The number of carbonyl (C=O) groups is 1. The van der Waals surface area contributed by atoms with Crippen LogP contribution >= 0.6 is 23.2 Å². The zero-order chi connectivity index (χ0) is 14.0. The second-order valence-corrected chi connectivity index (χ2v) is 4.80. The fourth-order valence-electron chi connectivity index (χ4n) is 1.82. The normalized spacial score (nSPS) is 12.2. The van der Waals surface area contributed by atoms with E-state index in [2.05, 4.69) is 0 Å². The Morgan fingerprint density at radius 1 is 1.05 bits per heavy atom. The number of hydrogen-bond acceptors (Lipinski definition) is 2. The Morgan fingerprint density at radius 3 is 2.42 bits per heavy atom. The van der Waals surface area contributed by atoms with Crippen molar-refractivity contribution >= 4 is 29.2 Å². The maximum Gasteiger partial charge on any atom is 0.336 e. The van der Waals surface area contributed by atoms with Gasteiger partial charge in [0.25, 0.3) is 0 Å². The van der Waals surface area contributed by atoms with Gasteiger partial charge in [-0.3, -0.25) is 0 Å². The Kier molecular flexibility index (Phi) is 4.10. The van der Waals surface area contributed by atoms with E-state index in [1.54, 1.807) is 30.3 Å². The molecule has 1 atom stereocenters. The maximum absolute atomic E-state index is 11.1. The van der Waals surface area contributed by atoms with Gasteiger partial charge >= 0.3 is 5.97 Å². The number of carboxylic acids is 1. The van der Waals surface area contributed by atoms with Crippen molar-refractivity contribution < 1.29 is 15.0 Å². The van der Waals surface area contributed by atoms with Crippen LogP contribution in [0.3, 0.4) is 0 Å². The van der Waals surface area contributed by atoms with Gasteiger partial charge in [0.1, 0.15) is 6.10 Å². The van der Waals surface area contributed by atoms with Gasteiger partial charge in [0, 0.05) is 15.6 Å². The van der Waals surface area contributed by atoms with Gasteiger partial charge in [-0.25, -0.2) is 4.79 Å². The van der Waals surface area contributed by atoms with E-state index in [0.717, 1.165) is 0 Å². The third kappa shape index (κ3) is 2.89. The van der Waals surface area contributed by atoms with E-state index in [0.29, 0.717) is 15.6 Å². The van der Waals surface area contributed by atoms with Crippen molar-refractivity contribution in [3.8, 4) is 0 Å². The van der Waals surface area contributed by atoms with Crippen molar-refractivity contribution in [2.45, 2.75) is 6.10 Å². The predicted octanol–water partition coefficient (Wildman–Crippen LogP) is 3.77. The summed E-state index contributed by atoms with van der Waals surface area (Å²) in [5.41, 5.74) is 0.688. The van der Waals surface area contributed by atoms with E-state index in [4.69, 9.17) is 28.3 Å². The predicted molar refractivity (Wildman–Crippen MR) is 73.9 cm³/mol. The van der Waals surface area contributed by atoms with Crippen LogP contribution in [-0.2, 0) is 0 Å². The topological polar surface area (TPSA) is 57.5 Å². The lowest BCUT2D eigenvalue weighted by atomic mass is 9.97. The summed E-state index contributed by atoms with van der Waals surface area (Å²) in [5, 5.41) is 20.2. The number of rotatable bonds is 3. The van der Waals surface area contributed by atoms with Crippen LogP contribution < -0.4 is 0 Å². The molecular weight excluding hydrogens is 287 g/mol. The molecule has 0 heterocycles.